The molecule has 0 unspecified atom stereocenters. The highest BCUT2D eigenvalue weighted by molar-refractivity contribution is 9.10. The number of halogens is 2. The molecule has 0 spiro atoms. The second-order valence-corrected chi connectivity index (χ2v) is 5.09. The van der Waals surface area contributed by atoms with E-state index in [1.165, 1.54) is 12.7 Å². The quantitative estimate of drug-likeness (QED) is 0.547. The molecule has 19 heavy (non-hydrogen) atoms. The molecule has 0 aliphatic rings. The number of carbonyl (C=O) groups excluding carboxylic acids is 1. The van der Waals surface area contributed by atoms with Crippen molar-refractivity contribution in [2.24, 2.45) is 0 Å². The van der Waals surface area contributed by atoms with Gasteiger partial charge in [0.05, 0.1) is 12.7 Å². The summed E-state index contributed by atoms with van der Waals surface area (Å²) in [7, 11) is 1.37. The summed E-state index contributed by atoms with van der Waals surface area (Å²) in [5, 5.41) is 0.952. The number of ether oxygens (including phenoxy) is 1. The maximum Gasteiger partial charge on any atom is 0.337 e. The predicted octanol–water partition coefficient (Wildman–Crippen LogP) is 4.82. The van der Waals surface area contributed by atoms with E-state index in [4.69, 9.17) is 0 Å². The molecule has 0 heterocycles. The number of alkyl halides is 1. The van der Waals surface area contributed by atoms with Crippen molar-refractivity contribution in [2.75, 3.05) is 7.11 Å². The van der Waals surface area contributed by atoms with Gasteiger partial charge < -0.3 is 4.74 Å². The van der Waals surface area contributed by atoms with E-state index in [0.717, 1.165) is 9.80 Å². The largest absolute Gasteiger partial charge is 0.465 e. The summed E-state index contributed by atoms with van der Waals surface area (Å²) in [6.45, 7) is 0. The first-order chi connectivity index (χ1) is 9.17. The van der Waals surface area contributed by atoms with Gasteiger partial charge in [-0.1, -0.05) is 62.2 Å². The molecule has 2 rings (SSSR count). The third kappa shape index (κ3) is 6.03. The molecular weight excluding hydrogens is 372 g/mol. The second-order valence-electron chi connectivity index (χ2n) is 3.62. The van der Waals surface area contributed by atoms with Crippen molar-refractivity contribution < 1.29 is 9.53 Å². The third-order valence-electron chi connectivity index (χ3n) is 2.26. The van der Waals surface area contributed by atoms with Gasteiger partial charge in [0, 0.05) is 9.80 Å². The summed E-state index contributed by atoms with van der Waals surface area (Å²) in [4.78, 5) is 10.9. The Balaban J connectivity index is 0.000000200. The number of methoxy groups -OCH3 is 1. The van der Waals surface area contributed by atoms with E-state index in [1.807, 2.05) is 18.2 Å². The average Bonchev–Trinajstić information content (AvgIpc) is 2.48. The van der Waals surface area contributed by atoms with Crippen LogP contribution in [0.15, 0.2) is 59.1 Å². The summed E-state index contributed by atoms with van der Waals surface area (Å²) in [6.07, 6.45) is 0. The van der Waals surface area contributed by atoms with E-state index in [0.29, 0.717) is 5.56 Å². The van der Waals surface area contributed by atoms with Crippen LogP contribution in [0.3, 0.4) is 0 Å². The smallest absolute Gasteiger partial charge is 0.337 e. The Labute approximate surface area is 130 Å². The highest BCUT2D eigenvalue weighted by Gasteiger charge is 2.02. The molecule has 0 radical (unpaired) electrons. The molecule has 0 atom stereocenters. The van der Waals surface area contributed by atoms with Gasteiger partial charge in [0.15, 0.2) is 0 Å². The first-order valence-corrected chi connectivity index (χ1v) is 7.52. The van der Waals surface area contributed by atoms with Crippen molar-refractivity contribution in [3.05, 3.63) is 70.2 Å². The zero-order valence-corrected chi connectivity index (χ0v) is 13.6. The van der Waals surface area contributed by atoms with Crippen LogP contribution in [0.5, 0.6) is 0 Å². The van der Waals surface area contributed by atoms with Gasteiger partial charge >= 0.3 is 5.97 Å². The molecule has 0 bridgehead atoms. The molecular formula is C15H14Br2O2. The molecule has 100 valence electrons. The Morgan fingerprint density at radius 1 is 1.05 bits per heavy atom. The fraction of sp³-hybridized carbons (Fsp3) is 0.133. The molecule has 2 aromatic rings. The van der Waals surface area contributed by atoms with Gasteiger partial charge in [-0.15, -0.1) is 0 Å². The normalized spacial score (nSPS) is 9.21. The van der Waals surface area contributed by atoms with Crippen LogP contribution >= 0.6 is 31.9 Å². The van der Waals surface area contributed by atoms with Crippen molar-refractivity contribution in [3.8, 4) is 0 Å². The topological polar surface area (TPSA) is 26.3 Å². The average molecular weight is 386 g/mol. The number of carbonyl (C=O) groups is 1. The standard InChI is InChI=1S/C8H7BrO2.C7H7Br/c1-11-8(10)6-2-4-7(9)5-3-6;8-6-7-4-2-1-3-5-7/h2-5H,1H3;1-5H,6H2. The monoisotopic (exact) mass is 384 g/mol. The van der Waals surface area contributed by atoms with Crippen LogP contribution in [0.1, 0.15) is 15.9 Å². The van der Waals surface area contributed by atoms with Gasteiger partial charge in [-0.3, -0.25) is 0 Å². The number of benzene rings is 2. The van der Waals surface area contributed by atoms with Crippen molar-refractivity contribution in [1.29, 1.82) is 0 Å². The number of esters is 1. The van der Waals surface area contributed by atoms with Crippen LogP contribution < -0.4 is 0 Å². The number of rotatable bonds is 2. The minimum Gasteiger partial charge on any atom is -0.465 e. The van der Waals surface area contributed by atoms with Gasteiger partial charge in [-0.05, 0) is 29.8 Å². The molecule has 0 saturated carbocycles. The first-order valence-electron chi connectivity index (χ1n) is 5.61. The lowest BCUT2D eigenvalue weighted by Crippen LogP contribution is -1.99. The van der Waals surface area contributed by atoms with Gasteiger partial charge in [-0.2, -0.15) is 0 Å². The van der Waals surface area contributed by atoms with Crippen molar-refractivity contribution in [1.82, 2.24) is 0 Å². The molecule has 0 N–H and O–H groups in total. The van der Waals surface area contributed by atoms with Crippen LogP contribution in [-0.4, -0.2) is 13.1 Å². The Bertz CT molecular complexity index is 495. The summed E-state index contributed by atoms with van der Waals surface area (Å²) in [5.41, 5.74) is 1.89. The summed E-state index contributed by atoms with van der Waals surface area (Å²) < 4.78 is 5.47. The fourth-order valence-electron chi connectivity index (χ4n) is 1.27. The van der Waals surface area contributed by atoms with Crippen LogP contribution in [-0.2, 0) is 10.1 Å². The Kier molecular flexibility index (Phi) is 7.45. The minimum absolute atomic E-state index is 0.308. The van der Waals surface area contributed by atoms with E-state index in [9.17, 15) is 4.79 Å². The molecule has 4 heteroatoms. The number of hydrogen-bond donors (Lipinski definition) is 0. The van der Waals surface area contributed by atoms with E-state index in [2.05, 4.69) is 48.7 Å². The zero-order chi connectivity index (χ0) is 14.1. The van der Waals surface area contributed by atoms with Crippen molar-refractivity contribution >= 4 is 37.8 Å². The lowest BCUT2D eigenvalue weighted by atomic mass is 10.2. The van der Waals surface area contributed by atoms with Crippen LogP contribution in [0.4, 0.5) is 0 Å². The first kappa shape index (κ1) is 15.9. The van der Waals surface area contributed by atoms with Crippen molar-refractivity contribution in [3.63, 3.8) is 0 Å². The maximum atomic E-state index is 10.9. The number of hydrogen-bond acceptors (Lipinski definition) is 2. The molecule has 0 aromatic heterocycles. The fourth-order valence-corrected chi connectivity index (χ4v) is 1.91. The van der Waals surface area contributed by atoms with E-state index >= 15 is 0 Å². The highest BCUT2D eigenvalue weighted by atomic mass is 79.9. The SMILES string of the molecule is BrCc1ccccc1.COC(=O)c1ccc(Br)cc1. The summed E-state index contributed by atoms with van der Waals surface area (Å²) >= 11 is 6.62. The Morgan fingerprint density at radius 3 is 2.05 bits per heavy atom. The Morgan fingerprint density at radius 2 is 1.63 bits per heavy atom. The van der Waals surface area contributed by atoms with Crippen LogP contribution in [0.25, 0.3) is 0 Å². The molecule has 2 nitrogen and oxygen atoms in total. The van der Waals surface area contributed by atoms with Crippen molar-refractivity contribution in [2.45, 2.75) is 5.33 Å². The summed E-state index contributed by atoms with van der Waals surface area (Å²) in [5.74, 6) is -0.308. The van der Waals surface area contributed by atoms with E-state index in [-0.39, 0.29) is 5.97 Å². The van der Waals surface area contributed by atoms with Gasteiger partial charge in [0.2, 0.25) is 0 Å². The van der Waals surface area contributed by atoms with E-state index < -0.39 is 0 Å². The minimum atomic E-state index is -0.308. The molecule has 0 fully saturated rings. The van der Waals surface area contributed by atoms with E-state index in [1.54, 1.807) is 24.3 Å². The maximum absolute atomic E-state index is 10.9. The van der Waals surface area contributed by atoms with Gasteiger partial charge in [0.1, 0.15) is 0 Å². The predicted molar refractivity (Wildman–Crippen MR) is 84.6 cm³/mol. The summed E-state index contributed by atoms with van der Waals surface area (Å²) in [6, 6.07) is 17.3. The molecule has 0 aliphatic heterocycles. The van der Waals surface area contributed by atoms with Crippen LogP contribution in [0.2, 0.25) is 0 Å². The zero-order valence-electron chi connectivity index (χ0n) is 10.5. The third-order valence-corrected chi connectivity index (χ3v) is 3.44. The molecule has 0 aliphatic carbocycles. The van der Waals surface area contributed by atoms with Gasteiger partial charge in [0.25, 0.3) is 0 Å². The van der Waals surface area contributed by atoms with Crippen LogP contribution in [0, 0.1) is 0 Å². The lowest BCUT2D eigenvalue weighted by molar-refractivity contribution is 0.0600. The highest BCUT2D eigenvalue weighted by Crippen LogP contribution is 2.10. The molecule has 2 aromatic carbocycles. The Hall–Kier alpha value is -1.13. The second kappa shape index (κ2) is 8.88. The molecule has 0 saturated heterocycles. The van der Waals surface area contributed by atoms with Gasteiger partial charge in [-0.25, -0.2) is 4.79 Å². The molecule has 0 amide bonds. The lowest BCUT2D eigenvalue weighted by Gasteiger charge is -1.97.